The molecule has 0 atom stereocenters. The highest BCUT2D eigenvalue weighted by molar-refractivity contribution is 7.92. The zero-order valence-corrected chi connectivity index (χ0v) is 16.3. The Balaban J connectivity index is 1.95. The molecule has 0 aromatic heterocycles. The first-order valence-electron chi connectivity index (χ1n) is 8.49. The van der Waals surface area contributed by atoms with Crippen molar-refractivity contribution in [1.82, 2.24) is 0 Å². The smallest absolute Gasteiger partial charge is 0.326 e. The number of aryl methyl sites for hydroxylation is 1. The minimum Gasteiger partial charge on any atom is -0.326 e. The van der Waals surface area contributed by atoms with Crippen LogP contribution in [0.25, 0.3) is 0 Å². The van der Waals surface area contributed by atoms with Gasteiger partial charge in [-0.1, -0.05) is 18.2 Å². The molecular formula is C19H21F3N2O3S. The summed E-state index contributed by atoms with van der Waals surface area (Å²) in [6.07, 6.45) is -3.05. The van der Waals surface area contributed by atoms with E-state index in [4.69, 9.17) is 0 Å². The van der Waals surface area contributed by atoms with E-state index in [9.17, 15) is 26.4 Å². The van der Waals surface area contributed by atoms with E-state index in [2.05, 4.69) is 5.32 Å². The predicted octanol–water partition coefficient (Wildman–Crippen LogP) is 4.20. The molecule has 5 nitrogen and oxygen atoms in total. The average molecular weight is 414 g/mol. The molecule has 0 unspecified atom stereocenters. The SMILES string of the molecule is Cc1ccccc1N(CCCC(=O)Nc1ccc(C(F)(F)F)cc1)S(C)(=O)=O. The van der Waals surface area contributed by atoms with Crippen molar-refractivity contribution in [3.8, 4) is 0 Å². The number of benzene rings is 2. The lowest BCUT2D eigenvalue weighted by Crippen LogP contribution is -2.32. The van der Waals surface area contributed by atoms with Gasteiger partial charge in [-0.05, 0) is 49.2 Å². The van der Waals surface area contributed by atoms with E-state index in [1.807, 2.05) is 0 Å². The molecule has 0 heterocycles. The Morgan fingerprint density at radius 2 is 1.68 bits per heavy atom. The highest BCUT2D eigenvalue weighted by atomic mass is 32.2. The number of carbonyl (C=O) groups excluding carboxylic acids is 1. The Morgan fingerprint density at radius 1 is 1.07 bits per heavy atom. The summed E-state index contributed by atoms with van der Waals surface area (Å²) >= 11 is 0. The van der Waals surface area contributed by atoms with Crippen LogP contribution in [0.15, 0.2) is 48.5 Å². The Hall–Kier alpha value is -2.55. The Morgan fingerprint density at radius 3 is 2.21 bits per heavy atom. The monoisotopic (exact) mass is 414 g/mol. The number of amides is 1. The summed E-state index contributed by atoms with van der Waals surface area (Å²) in [5.41, 5.74) is 0.791. The van der Waals surface area contributed by atoms with Gasteiger partial charge < -0.3 is 5.32 Å². The number of alkyl halides is 3. The number of nitrogens with one attached hydrogen (secondary N) is 1. The maximum Gasteiger partial charge on any atom is 0.416 e. The molecule has 0 aliphatic rings. The van der Waals surface area contributed by atoms with Crippen molar-refractivity contribution in [2.45, 2.75) is 25.9 Å². The first kappa shape index (κ1) is 21.7. The lowest BCUT2D eigenvalue weighted by atomic mass is 10.2. The van der Waals surface area contributed by atoms with Gasteiger partial charge in [-0.25, -0.2) is 8.42 Å². The van der Waals surface area contributed by atoms with Gasteiger partial charge in [0, 0.05) is 18.7 Å². The number of carbonyl (C=O) groups is 1. The standard InChI is InChI=1S/C19H21F3N2O3S/c1-14-6-3-4-7-17(14)24(28(2,26)27)13-5-8-18(25)23-16-11-9-15(10-12-16)19(20,21)22/h3-4,6-7,9-12H,5,8,13H2,1-2H3,(H,23,25). The lowest BCUT2D eigenvalue weighted by Gasteiger charge is -2.24. The number of para-hydroxylation sites is 1. The number of sulfonamides is 1. The van der Waals surface area contributed by atoms with Gasteiger partial charge in [0.2, 0.25) is 15.9 Å². The fourth-order valence-electron chi connectivity index (χ4n) is 2.66. The third kappa shape index (κ3) is 5.98. The van der Waals surface area contributed by atoms with Crippen LogP contribution in [0, 0.1) is 6.92 Å². The molecule has 9 heteroatoms. The first-order valence-corrected chi connectivity index (χ1v) is 10.3. The Bertz CT molecular complexity index is 926. The summed E-state index contributed by atoms with van der Waals surface area (Å²) in [5.74, 6) is -0.405. The van der Waals surface area contributed by atoms with Crippen LogP contribution in [0.5, 0.6) is 0 Å². The molecule has 28 heavy (non-hydrogen) atoms. The maximum atomic E-state index is 12.5. The summed E-state index contributed by atoms with van der Waals surface area (Å²) < 4.78 is 63.1. The topological polar surface area (TPSA) is 66.5 Å². The number of anilines is 2. The van der Waals surface area contributed by atoms with Crippen LogP contribution in [0.4, 0.5) is 24.5 Å². The molecule has 0 saturated carbocycles. The van der Waals surface area contributed by atoms with E-state index < -0.39 is 27.7 Å². The van der Waals surface area contributed by atoms with Gasteiger partial charge in [0.15, 0.2) is 0 Å². The van der Waals surface area contributed by atoms with Crippen LogP contribution in [0.3, 0.4) is 0 Å². The predicted molar refractivity (Wildman–Crippen MR) is 103 cm³/mol. The van der Waals surface area contributed by atoms with Gasteiger partial charge in [-0.15, -0.1) is 0 Å². The number of hydrogen-bond donors (Lipinski definition) is 1. The summed E-state index contributed by atoms with van der Waals surface area (Å²) in [6, 6.07) is 11.2. The number of rotatable bonds is 7. The van der Waals surface area contributed by atoms with E-state index in [1.165, 1.54) is 16.4 Å². The van der Waals surface area contributed by atoms with E-state index >= 15 is 0 Å². The molecule has 1 amide bonds. The van der Waals surface area contributed by atoms with Crippen LogP contribution < -0.4 is 9.62 Å². The molecule has 2 aromatic carbocycles. The van der Waals surface area contributed by atoms with Gasteiger partial charge in [0.05, 0.1) is 17.5 Å². The molecule has 0 spiro atoms. The van der Waals surface area contributed by atoms with Crippen LogP contribution in [-0.4, -0.2) is 27.1 Å². The van der Waals surface area contributed by atoms with Crippen molar-refractivity contribution >= 4 is 27.3 Å². The summed E-state index contributed by atoms with van der Waals surface area (Å²) in [6.45, 7) is 1.91. The van der Waals surface area contributed by atoms with Crippen LogP contribution in [0.2, 0.25) is 0 Å². The second-order valence-electron chi connectivity index (χ2n) is 6.35. The molecule has 1 N–H and O–H groups in total. The highest BCUT2D eigenvalue weighted by Crippen LogP contribution is 2.29. The fraction of sp³-hybridized carbons (Fsp3) is 0.316. The Labute approximate surface area is 162 Å². The van der Waals surface area contributed by atoms with Crippen molar-refractivity contribution in [3.63, 3.8) is 0 Å². The highest BCUT2D eigenvalue weighted by Gasteiger charge is 2.30. The van der Waals surface area contributed by atoms with E-state index in [1.54, 1.807) is 31.2 Å². The molecule has 0 aliphatic carbocycles. The van der Waals surface area contributed by atoms with Gasteiger partial charge in [0.25, 0.3) is 0 Å². The van der Waals surface area contributed by atoms with Gasteiger partial charge in [-0.3, -0.25) is 9.10 Å². The number of nitrogens with zero attached hydrogens (tertiary/aromatic N) is 1. The number of halogens is 3. The third-order valence-electron chi connectivity index (χ3n) is 4.05. The van der Waals surface area contributed by atoms with Crippen LogP contribution >= 0.6 is 0 Å². The molecular weight excluding hydrogens is 393 g/mol. The molecule has 0 aliphatic heterocycles. The summed E-state index contributed by atoms with van der Waals surface area (Å²) in [4.78, 5) is 12.0. The van der Waals surface area contributed by atoms with Gasteiger partial charge in [0.1, 0.15) is 0 Å². The molecule has 0 fully saturated rings. The molecule has 0 radical (unpaired) electrons. The minimum atomic E-state index is -4.44. The second kappa shape index (κ2) is 8.64. The maximum absolute atomic E-state index is 12.5. The third-order valence-corrected chi connectivity index (χ3v) is 5.23. The number of hydrogen-bond acceptors (Lipinski definition) is 3. The van der Waals surface area contributed by atoms with Gasteiger partial charge in [-0.2, -0.15) is 13.2 Å². The van der Waals surface area contributed by atoms with Crippen LogP contribution in [-0.2, 0) is 21.0 Å². The largest absolute Gasteiger partial charge is 0.416 e. The zero-order valence-electron chi connectivity index (χ0n) is 15.5. The first-order chi connectivity index (χ1) is 13.0. The normalized spacial score (nSPS) is 11.9. The summed E-state index contributed by atoms with van der Waals surface area (Å²) in [7, 11) is -3.52. The van der Waals surface area contributed by atoms with E-state index in [0.717, 1.165) is 24.0 Å². The van der Waals surface area contributed by atoms with Crippen molar-refractivity contribution in [3.05, 3.63) is 59.7 Å². The van der Waals surface area contributed by atoms with Gasteiger partial charge >= 0.3 is 6.18 Å². The minimum absolute atomic E-state index is 0.0267. The molecule has 0 saturated heterocycles. The van der Waals surface area contributed by atoms with Crippen molar-refractivity contribution in [2.24, 2.45) is 0 Å². The van der Waals surface area contributed by atoms with Crippen molar-refractivity contribution in [1.29, 1.82) is 0 Å². The second-order valence-corrected chi connectivity index (χ2v) is 8.26. The van der Waals surface area contributed by atoms with Crippen molar-refractivity contribution in [2.75, 3.05) is 22.4 Å². The summed E-state index contributed by atoms with van der Waals surface area (Å²) in [5, 5.41) is 2.51. The fourth-order valence-corrected chi connectivity index (χ4v) is 3.68. The molecule has 2 aromatic rings. The quantitative estimate of drug-likeness (QED) is 0.739. The zero-order chi connectivity index (χ0) is 20.9. The molecule has 152 valence electrons. The Kier molecular flexibility index (Phi) is 6.71. The van der Waals surface area contributed by atoms with Crippen LogP contribution in [0.1, 0.15) is 24.0 Å². The lowest BCUT2D eigenvalue weighted by molar-refractivity contribution is -0.137. The molecule has 2 rings (SSSR count). The van der Waals surface area contributed by atoms with E-state index in [-0.39, 0.29) is 25.1 Å². The van der Waals surface area contributed by atoms with E-state index in [0.29, 0.717) is 5.69 Å². The van der Waals surface area contributed by atoms with Crippen molar-refractivity contribution < 1.29 is 26.4 Å². The average Bonchev–Trinajstić information content (AvgIpc) is 2.58. The molecule has 0 bridgehead atoms.